The van der Waals surface area contributed by atoms with Gasteiger partial charge in [0.25, 0.3) is 0 Å². The molecule has 0 unspecified atom stereocenters. The first-order valence-corrected chi connectivity index (χ1v) is 9.67. The summed E-state index contributed by atoms with van der Waals surface area (Å²) in [7, 11) is 0. The highest BCUT2D eigenvalue weighted by molar-refractivity contribution is 6.24. The SMILES string of the molecule is O=C(c1ccc(F)cc1)[C@@H]1[C@H]2C(=O)N(c3ccccc3F)C(=O)[C@@H]2[C@H]2CCCN21. The summed E-state index contributed by atoms with van der Waals surface area (Å²) in [5, 5.41) is 0. The number of hydrogen-bond acceptors (Lipinski definition) is 4. The van der Waals surface area contributed by atoms with Crippen LogP contribution in [0.2, 0.25) is 0 Å². The number of ketones is 1. The summed E-state index contributed by atoms with van der Waals surface area (Å²) in [5.41, 5.74) is 0.224. The van der Waals surface area contributed by atoms with Crippen LogP contribution in [-0.2, 0) is 9.59 Å². The molecule has 0 aliphatic carbocycles. The zero-order chi connectivity index (χ0) is 20.3. The normalized spacial score (nSPS) is 28.7. The van der Waals surface area contributed by atoms with Crippen LogP contribution in [0, 0.1) is 23.5 Å². The van der Waals surface area contributed by atoms with Crippen LogP contribution in [0.15, 0.2) is 48.5 Å². The fourth-order valence-corrected chi connectivity index (χ4v) is 5.17. The van der Waals surface area contributed by atoms with Gasteiger partial charge in [0.1, 0.15) is 11.6 Å². The minimum absolute atomic E-state index is 0.0746. The van der Waals surface area contributed by atoms with Gasteiger partial charge in [-0.25, -0.2) is 13.7 Å². The highest BCUT2D eigenvalue weighted by Crippen LogP contribution is 2.48. The van der Waals surface area contributed by atoms with Gasteiger partial charge in [-0.15, -0.1) is 0 Å². The second kappa shape index (κ2) is 6.56. The molecule has 3 saturated heterocycles. The lowest BCUT2D eigenvalue weighted by Crippen LogP contribution is -2.46. The van der Waals surface area contributed by atoms with Crippen molar-refractivity contribution >= 4 is 23.3 Å². The number of fused-ring (bicyclic) bond motifs is 3. The van der Waals surface area contributed by atoms with Crippen molar-refractivity contribution in [2.75, 3.05) is 11.4 Å². The first-order chi connectivity index (χ1) is 14.0. The standard InChI is InChI=1S/C22H18F2N2O3/c23-13-9-7-12(8-10-13)20(27)19-18-17(16-6-3-11-25(16)19)21(28)26(22(18)29)15-5-2-1-4-14(15)24/h1-2,4-5,7-10,16-19H,3,6,11H2/t16-,17-,18+,19+/m1/s1. The van der Waals surface area contributed by atoms with Gasteiger partial charge in [-0.3, -0.25) is 19.3 Å². The molecule has 5 rings (SSSR count). The Morgan fingerprint density at radius 3 is 2.34 bits per heavy atom. The molecule has 29 heavy (non-hydrogen) atoms. The van der Waals surface area contributed by atoms with Crippen LogP contribution in [0.5, 0.6) is 0 Å². The van der Waals surface area contributed by atoms with Crippen molar-refractivity contribution in [2.24, 2.45) is 11.8 Å². The number of rotatable bonds is 3. The number of para-hydroxylation sites is 1. The fraction of sp³-hybridized carbons (Fsp3) is 0.318. The van der Waals surface area contributed by atoms with E-state index in [1.807, 2.05) is 4.90 Å². The molecule has 0 bridgehead atoms. The van der Waals surface area contributed by atoms with Gasteiger partial charge < -0.3 is 0 Å². The second-order valence-corrected chi connectivity index (χ2v) is 7.78. The predicted molar refractivity (Wildman–Crippen MR) is 100 cm³/mol. The summed E-state index contributed by atoms with van der Waals surface area (Å²) in [4.78, 5) is 42.6. The van der Waals surface area contributed by atoms with E-state index >= 15 is 0 Å². The lowest BCUT2D eigenvalue weighted by Gasteiger charge is -2.27. The lowest BCUT2D eigenvalue weighted by molar-refractivity contribution is -0.123. The Hall–Kier alpha value is -2.93. The molecular weight excluding hydrogens is 378 g/mol. The molecule has 0 saturated carbocycles. The molecule has 3 fully saturated rings. The topological polar surface area (TPSA) is 57.7 Å². The van der Waals surface area contributed by atoms with E-state index in [4.69, 9.17) is 0 Å². The number of imide groups is 1. The maximum Gasteiger partial charge on any atom is 0.239 e. The highest BCUT2D eigenvalue weighted by atomic mass is 19.1. The number of carbonyl (C=O) groups is 3. The maximum atomic E-state index is 14.3. The van der Waals surface area contributed by atoms with Gasteiger partial charge in [-0.05, 0) is 55.8 Å². The van der Waals surface area contributed by atoms with Crippen molar-refractivity contribution in [1.82, 2.24) is 4.90 Å². The number of Topliss-reactive ketones (excluding diaryl/α,β-unsaturated/α-hetero) is 1. The summed E-state index contributed by atoms with van der Waals surface area (Å²) in [5.74, 6) is -3.93. The van der Waals surface area contributed by atoms with Gasteiger partial charge >= 0.3 is 0 Å². The van der Waals surface area contributed by atoms with Crippen molar-refractivity contribution in [1.29, 1.82) is 0 Å². The molecule has 0 spiro atoms. The Morgan fingerprint density at radius 1 is 0.931 bits per heavy atom. The summed E-state index contributed by atoms with van der Waals surface area (Å²) in [6, 6.07) is 9.83. The molecule has 4 atom stereocenters. The number of carbonyl (C=O) groups excluding carboxylic acids is 3. The van der Waals surface area contributed by atoms with Crippen LogP contribution in [-0.4, -0.2) is 41.1 Å². The number of halogens is 2. The third-order valence-corrected chi connectivity index (χ3v) is 6.34. The number of amides is 2. The van der Waals surface area contributed by atoms with Crippen molar-refractivity contribution in [3.8, 4) is 0 Å². The van der Waals surface area contributed by atoms with E-state index < -0.39 is 41.3 Å². The van der Waals surface area contributed by atoms with Crippen LogP contribution >= 0.6 is 0 Å². The molecule has 3 heterocycles. The smallest absolute Gasteiger partial charge is 0.239 e. The molecule has 0 radical (unpaired) electrons. The Morgan fingerprint density at radius 2 is 1.62 bits per heavy atom. The van der Waals surface area contributed by atoms with Crippen LogP contribution in [0.25, 0.3) is 0 Å². The van der Waals surface area contributed by atoms with E-state index in [2.05, 4.69) is 0 Å². The zero-order valence-corrected chi connectivity index (χ0v) is 15.4. The molecule has 0 aromatic heterocycles. The molecule has 148 valence electrons. The van der Waals surface area contributed by atoms with E-state index in [-0.39, 0.29) is 17.5 Å². The molecule has 3 aliphatic rings. The monoisotopic (exact) mass is 396 g/mol. The van der Waals surface area contributed by atoms with Crippen molar-refractivity contribution in [3.05, 3.63) is 65.7 Å². The molecule has 2 aromatic rings. The summed E-state index contributed by atoms with van der Waals surface area (Å²) < 4.78 is 27.6. The number of hydrogen-bond donors (Lipinski definition) is 0. The molecule has 3 aliphatic heterocycles. The third-order valence-electron chi connectivity index (χ3n) is 6.34. The molecule has 2 aromatic carbocycles. The first kappa shape index (κ1) is 18.1. The van der Waals surface area contributed by atoms with Crippen LogP contribution < -0.4 is 4.90 Å². The average Bonchev–Trinajstić information content (AvgIpc) is 3.35. The third kappa shape index (κ3) is 2.57. The second-order valence-electron chi connectivity index (χ2n) is 7.78. The summed E-state index contributed by atoms with van der Waals surface area (Å²) in [6.07, 6.45) is 1.53. The highest BCUT2D eigenvalue weighted by Gasteiger charge is 2.64. The van der Waals surface area contributed by atoms with Crippen LogP contribution in [0.1, 0.15) is 23.2 Å². The quantitative estimate of drug-likeness (QED) is 0.591. The summed E-state index contributed by atoms with van der Waals surface area (Å²) in [6.45, 7) is 0.621. The zero-order valence-electron chi connectivity index (χ0n) is 15.4. The number of anilines is 1. The largest absolute Gasteiger partial charge is 0.292 e. The number of benzene rings is 2. The molecule has 2 amide bonds. The Bertz CT molecular complexity index is 1020. The van der Waals surface area contributed by atoms with E-state index in [9.17, 15) is 23.2 Å². The number of nitrogens with zero attached hydrogens (tertiary/aromatic N) is 2. The van der Waals surface area contributed by atoms with E-state index in [1.165, 1.54) is 42.5 Å². The van der Waals surface area contributed by atoms with Crippen molar-refractivity contribution in [2.45, 2.75) is 24.9 Å². The predicted octanol–water partition coefficient (Wildman–Crippen LogP) is 2.80. The molecule has 7 heteroatoms. The first-order valence-electron chi connectivity index (χ1n) is 9.67. The van der Waals surface area contributed by atoms with Gasteiger partial charge in [0.05, 0.1) is 23.6 Å². The van der Waals surface area contributed by atoms with Gasteiger partial charge in [0.15, 0.2) is 5.78 Å². The Kier molecular flexibility index (Phi) is 4.10. The van der Waals surface area contributed by atoms with Crippen molar-refractivity contribution in [3.63, 3.8) is 0 Å². The minimum atomic E-state index is -0.857. The van der Waals surface area contributed by atoms with Gasteiger partial charge in [0, 0.05) is 11.6 Å². The Labute approximate surface area is 165 Å². The van der Waals surface area contributed by atoms with Crippen LogP contribution in [0.3, 0.4) is 0 Å². The van der Waals surface area contributed by atoms with E-state index in [0.717, 1.165) is 11.3 Å². The summed E-state index contributed by atoms with van der Waals surface area (Å²) >= 11 is 0. The molecule has 5 nitrogen and oxygen atoms in total. The van der Waals surface area contributed by atoms with Crippen LogP contribution in [0.4, 0.5) is 14.5 Å². The van der Waals surface area contributed by atoms with Gasteiger partial charge in [0.2, 0.25) is 11.8 Å². The lowest BCUT2D eigenvalue weighted by atomic mass is 9.85. The van der Waals surface area contributed by atoms with Gasteiger partial charge in [-0.1, -0.05) is 12.1 Å². The van der Waals surface area contributed by atoms with E-state index in [0.29, 0.717) is 18.5 Å². The molecular formula is C22H18F2N2O3. The fourth-order valence-electron chi connectivity index (χ4n) is 5.17. The average molecular weight is 396 g/mol. The Balaban J connectivity index is 1.56. The van der Waals surface area contributed by atoms with Gasteiger partial charge in [-0.2, -0.15) is 0 Å². The molecule has 0 N–H and O–H groups in total. The maximum absolute atomic E-state index is 14.3. The minimum Gasteiger partial charge on any atom is -0.292 e. The van der Waals surface area contributed by atoms with E-state index in [1.54, 1.807) is 6.07 Å². The van der Waals surface area contributed by atoms with Crippen molar-refractivity contribution < 1.29 is 23.2 Å².